The third-order valence-electron chi connectivity index (χ3n) is 12.4. The summed E-state index contributed by atoms with van der Waals surface area (Å²) >= 11 is 0. The van der Waals surface area contributed by atoms with E-state index < -0.39 is 0 Å². The Balaban J connectivity index is 1.01. The van der Waals surface area contributed by atoms with Gasteiger partial charge in [-0.3, -0.25) is 0 Å². The van der Waals surface area contributed by atoms with E-state index in [0.29, 0.717) is 17.5 Å². The Hall–Kier alpha value is -8.61. The number of fused-ring (bicyclic) bond motifs is 10. The lowest BCUT2D eigenvalue weighted by Crippen LogP contribution is -2.01. The Labute approximate surface area is 361 Å². The smallest absolute Gasteiger partial charge is 0.164 e. The summed E-state index contributed by atoms with van der Waals surface area (Å²) in [4.78, 5) is 15.1. The highest BCUT2D eigenvalue weighted by Gasteiger charge is 2.21. The quantitative estimate of drug-likeness (QED) is 0.168. The maximum Gasteiger partial charge on any atom is 0.164 e. The standard InChI is InChI=1S/C57H35N5O/c1-4-15-36(16-5-1)39-27-29-45-43-23-10-12-25-49(43)61(51(45)34-39)42-28-30-46-48-32-31-47-44-24-11-13-26-50(44)62(53(47)54(48)63-52(46)35-42)41-22-14-21-40(33-41)57-59-55(37-17-6-2-7-18-37)58-56(60-57)38-19-8-3-9-20-38/h1-35H. The second kappa shape index (κ2) is 14.0. The number of benzene rings is 9. The molecule has 0 saturated heterocycles. The average molecular weight is 806 g/mol. The molecule has 0 aliphatic carbocycles. The molecule has 0 fully saturated rings. The molecular weight excluding hydrogens is 771 g/mol. The molecule has 4 aromatic heterocycles. The molecule has 6 nitrogen and oxygen atoms in total. The first kappa shape index (κ1) is 35.2. The highest BCUT2D eigenvalue weighted by molar-refractivity contribution is 6.21. The summed E-state index contributed by atoms with van der Waals surface area (Å²) in [6.45, 7) is 0. The molecule has 0 saturated carbocycles. The van der Waals surface area contributed by atoms with Crippen LogP contribution in [0.2, 0.25) is 0 Å². The minimum absolute atomic E-state index is 0.604. The van der Waals surface area contributed by atoms with Crippen LogP contribution >= 0.6 is 0 Å². The predicted octanol–water partition coefficient (Wildman–Crippen LogP) is 14.6. The second-order valence-corrected chi connectivity index (χ2v) is 16.0. The van der Waals surface area contributed by atoms with Crippen LogP contribution < -0.4 is 0 Å². The van der Waals surface area contributed by atoms with Crippen LogP contribution in [0.1, 0.15) is 0 Å². The number of aromatic nitrogens is 5. The van der Waals surface area contributed by atoms with Gasteiger partial charge in [0.2, 0.25) is 0 Å². The van der Waals surface area contributed by atoms with E-state index in [2.05, 4.69) is 161 Å². The Morgan fingerprint density at radius 1 is 0.302 bits per heavy atom. The van der Waals surface area contributed by atoms with Crippen molar-refractivity contribution in [2.24, 2.45) is 0 Å². The fourth-order valence-corrected chi connectivity index (χ4v) is 9.46. The van der Waals surface area contributed by atoms with Gasteiger partial charge in [-0.05, 0) is 59.7 Å². The van der Waals surface area contributed by atoms with Gasteiger partial charge in [0.05, 0.1) is 22.1 Å². The van der Waals surface area contributed by atoms with E-state index in [1.807, 2.05) is 60.7 Å². The van der Waals surface area contributed by atoms with Crippen molar-refractivity contribution < 1.29 is 4.42 Å². The van der Waals surface area contributed by atoms with Gasteiger partial charge in [-0.2, -0.15) is 0 Å². The number of furan rings is 1. The van der Waals surface area contributed by atoms with Gasteiger partial charge >= 0.3 is 0 Å². The number of rotatable bonds is 6. The lowest BCUT2D eigenvalue weighted by molar-refractivity contribution is 0.671. The van der Waals surface area contributed by atoms with Gasteiger partial charge in [-0.25, -0.2) is 15.0 Å². The summed E-state index contributed by atoms with van der Waals surface area (Å²) in [6, 6.07) is 74.4. The zero-order valence-electron chi connectivity index (χ0n) is 33.9. The summed E-state index contributed by atoms with van der Waals surface area (Å²) < 4.78 is 11.8. The number of para-hydroxylation sites is 2. The molecule has 0 bridgehead atoms. The zero-order chi connectivity index (χ0) is 41.4. The third kappa shape index (κ3) is 5.62. The van der Waals surface area contributed by atoms with Crippen LogP contribution in [0.25, 0.3) is 122 Å². The molecule has 0 unspecified atom stereocenters. The molecule has 9 aromatic carbocycles. The molecule has 13 rings (SSSR count). The summed E-state index contributed by atoms with van der Waals surface area (Å²) in [5.41, 5.74) is 13.2. The molecule has 0 N–H and O–H groups in total. The van der Waals surface area contributed by atoms with E-state index in [0.717, 1.165) is 82.8 Å². The lowest BCUT2D eigenvalue weighted by atomic mass is 10.0. The molecule has 0 aliphatic rings. The highest BCUT2D eigenvalue weighted by atomic mass is 16.3. The predicted molar refractivity (Wildman–Crippen MR) is 258 cm³/mol. The first-order valence-electron chi connectivity index (χ1n) is 21.2. The van der Waals surface area contributed by atoms with Crippen molar-refractivity contribution in [3.8, 4) is 56.7 Å². The minimum Gasteiger partial charge on any atom is -0.454 e. The largest absolute Gasteiger partial charge is 0.454 e. The molecule has 4 heterocycles. The van der Waals surface area contributed by atoms with Gasteiger partial charge in [-0.1, -0.05) is 158 Å². The van der Waals surface area contributed by atoms with E-state index in [1.54, 1.807) is 0 Å². The fraction of sp³-hybridized carbons (Fsp3) is 0. The Morgan fingerprint density at radius 2 is 0.810 bits per heavy atom. The molecule has 0 spiro atoms. The van der Waals surface area contributed by atoms with Crippen molar-refractivity contribution in [1.29, 1.82) is 0 Å². The van der Waals surface area contributed by atoms with E-state index in [-0.39, 0.29) is 0 Å². The van der Waals surface area contributed by atoms with Crippen molar-refractivity contribution >= 4 is 65.6 Å². The van der Waals surface area contributed by atoms with Gasteiger partial charge in [0.25, 0.3) is 0 Å². The van der Waals surface area contributed by atoms with Crippen molar-refractivity contribution in [3.05, 3.63) is 212 Å². The highest BCUT2D eigenvalue weighted by Crippen LogP contribution is 2.42. The molecule has 294 valence electrons. The Kier molecular flexibility index (Phi) is 7.80. The normalized spacial score (nSPS) is 11.8. The fourth-order valence-electron chi connectivity index (χ4n) is 9.46. The number of hydrogen-bond donors (Lipinski definition) is 0. The van der Waals surface area contributed by atoms with Crippen molar-refractivity contribution in [3.63, 3.8) is 0 Å². The molecule has 0 atom stereocenters. The van der Waals surface area contributed by atoms with Crippen molar-refractivity contribution in [2.75, 3.05) is 0 Å². The summed E-state index contributed by atoms with van der Waals surface area (Å²) in [5, 5.41) is 6.84. The van der Waals surface area contributed by atoms with Crippen LogP contribution in [-0.2, 0) is 0 Å². The second-order valence-electron chi connectivity index (χ2n) is 16.0. The van der Waals surface area contributed by atoms with Crippen molar-refractivity contribution in [1.82, 2.24) is 24.1 Å². The van der Waals surface area contributed by atoms with Crippen LogP contribution in [-0.4, -0.2) is 24.1 Å². The molecule has 6 heteroatoms. The van der Waals surface area contributed by atoms with Gasteiger partial charge < -0.3 is 13.6 Å². The monoisotopic (exact) mass is 805 g/mol. The minimum atomic E-state index is 0.604. The van der Waals surface area contributed by atoms with E-state index in [9.17, 15) is 0 Å². The maximum absolute atomic E-state index is 7.09. The van der Waals surface area contributed by atoms with Crippen molar-refractivity contribution in [2.45, 2.75) is 0 Å². The summed E-state index contributed by atoms with van der Waals surface area (Å²) in [6.07, 6.45) is 0. The van der Waals surface area contributed by atoms with E-state index in [1.165, 1.54) is 21.9 Å². The average Bonchev–Trinajstić information content (AvgIpc) is 4.02. The number of hydrogen-bond acceptors (Lipinski definition) is 4. The molecule has 0 aliphatic heterocycles. The molecule has 0 amide bonds. The topological polar surface area (TPSA) is 61.7 Å². The molecule has 13 aromatic rings. The third-order valence-corrected chi connectivity index (χ3v) is 12.4. The van der Waals surface area contributed by atoms with Gasteiger partial charge in [0.15, 0.2) is 23.1 Å². The van der Waals surface area contributed by atoms with E-state index in [4.69, 9.17) is 19.4 Å². The van der Waals surface area contributed by atoms with Crippen LogP contribution in [0.3, 0.4) is 0 Å². The Bertz CT molecular complexity index is 3850. The number of nitrogens with zero attached hydrogens (tertiary/aromatic N) is 5. The first-order valence-corrected chi connectivity index (χ1v) is 21.2. The first-order chi connectivity index (χ1) is 31.2. The summed E-state index contributed by atoms with van der Waals surface area (Å²) in [5.74, 6) is 1.86. The van der Waals surface area contributed by atoms with Gasteiger partial charge in [0, 0.05) is 66.4 Å². The molecule has 0 radical (unpaired) electrons. The van der Waals surface area contributed by atoms with E-state index >= 15 is 0 Å². The zero-order valence-corrected chi connectivity index (χ0v) is 33.9. The maximum atomic E-state index is 7.09. The van der Waals surface area contributed by atoms with Crippen LogP contribution in [0.4, 0.5) is 0 Å². The SMILES string of the molecule is c1ccc(-c2ccc3c4ccccc4n(-c4ccc5c(c4)oc4c5ccc5c6ccccc6n(-c6cccc(-c7nc(-c8ccccc8)nc(-c8ccccc8)n7)c6)c54)c3c2)cc1. The van der Waals surface area contributed by atoms with Crippen LogP contribution in [0.15, 0.2) is 217 Å². The van der Waals surface area contributed by atoms with Crippen LogP contribution in [0, 0.1) is 0 Å². The molecular formula is C57H35N5O. The molecule has 63 heavy (non-hydrogen) atoms. The Morgan fingerprint density at radius 3 is 1.51 bits per heavy atom. The van der Waals surface area contributed by atoms with Crippen LogP contribution in [0.5, 0.6) is 0 Å². The van der Waals surface area contributed by atoms with Gasteiger partial charge in [0.1, 0.15) is 5.58 Å². The lowest BCUT2D eigenvalue weighted by Gasteiger charge is -2.11. The summed E-state index contributed by atoms with van der Waals surface area (Å²) in [7, 11) is 0. The van der Waals surface area contributed by atoms with Gasteiger partial charge in [-0.15, -0.1) is 0 Å².